The molecule has 6 nitrogen and oxygen atoms in total. The van der Waals surface area contributed by atoms with Gasteiger partial charge < -0.3 is 20.3 Å². The number of aromatic carboxylic acids is 1. The third kappa shape index (κ3) is 2.97. The van der Waals surface area contributed by atoms with Crippen molar-refractivity contribution in [1.29, 1.82) is 0 Å². The molecule has 0 amide bonds. The van der Waals surface area contributed by atoms with E-state index in [-0.39, 0.29) is 46.6 Å². The Labute approximate surface area is 165 Å². The van der Waals surface area contributed by atoms with Gasteiger partial charge in [-0.3, -0.25) is 4.79 Å². The molecule has 1 saturated heterocycles. The van der Waals surface area contributed by atoms with E-state index in [1.54, 1.807) is 0 Å². The van der Waals surface area contributed by atoms with Gasteiger partial charge in [0.25, 0.3) is 0 Å². The molecular formula is C19H20ClF2N3O3. The molecule has 0 bridgehead atoms. The molecule has 1 aromatic carbocycles. The fraction of sp³-hybridized carbons (Fsp3) is 0.368. The van der Waals surface area contributed by atoms with Crippen LogP contribution in [0.25, 0.3) is 17.0 Å². The molecule has 3 N–H and O–H groups in total. The van der Waals surface area contributed by atoms with Crippen molar-refractivity contribution in [1.82, 2.24) is 4.57 Å². The summed E-state index contributed by atoms with van der Waals surface area (Å²) >= 11 is 0. The first-order chi connectivity index (χ1) is 12.8. The van der Waals surface area contributed by atoms with Crippen LogP contribution in [0.5, 0.6) is 0 Å². The number of benzene rings is 1. The highest BCUT2D eigenvalue weighted by Gasteiger charge is 2.34. The van der Waals surface area contributed by atoms with Gasteiger partial charge in [-0.05, 0) is 19.3 Å². The molecule has 2 heterocycles. The summed E-state index contributed by atoms with van der Waals surface area (Å²) in [4.78, 5) is 25.8. The average molecular weight is 412 g/mol. The van der Waals surface area contributed by atoms with Crippen molar-refractivity contribution < 1.29 is 18.7 Å². The van der Waals surface area contributed by atoms with Gasteiger partial charge in [-0.1, -0.05) is 12.7 Å². The minimum absolute atomic E-state index is 0. The number of nitrogens with two attached hydrogens (primary N) is 1. The predicted octanol–water partition coefficient (Wildman–Crippen LogP) is 2.92. The third-order valence-corrected chi connectivity index (χ3v) is 5.28. The summed E-state index contributed by atoms with van der Waals surface area (Å²) in [6.07, 6.45) is 4.38. The quantitative estimate of drug-likeness (QED) is 0.807. The Kier molecular flexibility index (Phi) is 5.20. The molecule has 0 radical (unpaired) electrons. The standard InChI is InChI=1S/C19H19F2N3O3.ClH/c1-2-11-13-16(15(21)17(14(11)20)23-6-5-9(22)7-23)24(10-3-4-10)8-12(18(13)25)19(26)27;/h2,8-10H,1,3-7,22H2,(H,26,27);1H. The molecule has 2 fully saturated rings. The number of pyridine rings is 1. The molecular weight excluding hydrogens is 392 g/mol. The third-order valence-electron chi connectivity index (χ3n) is 5.28. The number of carboxylic acids is 1. The van der Waals surface area contributed by atoms with Crippen LogP contribution >= 0.6 is 12.4 Å². The zero-order valence-electron chi connectivity index (χ0n) is 15.0. The van der Waals surface area contributed by atoms with Crippen LogP contribution in [-0.4, -0.2) is 34.8 Å². The zero-order chi connectivity index (χ0) is 19.5. The second-order valence-corrected chi connectivity index (χ2v) is 7.13. The highest BCUT2D eigenvalue weighted by molar-refractivity contribution is 5.98. The molecule has 1 atom stereocenters. The molecule has 2 aliphatic rings. The van der Waals surface area contributed by atoms with Gasteiger partial charge in [-0.2, -0.15) is 0 Å². The molecule has 28 heavy (non-hydrogen) atoms. The molecule has 150 valence electrons. The summed E-state index contributed by atoms with van der Waals surface area (Å²) in [7, 11) is 0. The number of carboxylic acid groups (broad SMARTS) is 1. The second-order valence-electron chi connectivity index (χ2n) is 7.13. The lowest BCUT2D eigenvalue weighted by Gasteiger charge is -2.23. The maximum atomic E-state index is 15.5. The Morgan fingerprint density at radius 2 is 1.96 bits per heavy atom. The Balaban J connectivity index is 0.00000225. The van der Waals surface area contributed by atoms with Crippen molar-refractivity contribution in [3.8, 4) is 0 Å². The average Bonchev–Trinajstić information content (AvgIpc) is 3.37. The highest BCUT2D eigenvalue weighted by Crippen LogP contribution is 2.41. The van der Waals surface area contributed by atoms with Crippen molar-refractivity contribution in [2.45, 2.75) is 31.3 Å². The maximum absolute atomic E-state index is 15.5. The SMILES string of the molecule is C=Cc1c(F)c(N2CCC(N)C2)c(F)c2c1c(=O)c(C(=O)O)cn2C1CC1.Cl. The highest BCUT2D eigenvalue weighted by atomic mass is 35.5. The number of carbonyl (C=O) groups is 1. The first kappa shape index (κ1) is 20.3. The van der Waals surface area contributed by atoms with E-state index in [2.05, 4.69) is 6.58 Å². The number of hydrogen-bond acceptors (Lipinski definition) is 4. The van der Waals surface area contributed by atoms with Gasteiger partial charge >= 0.3 is 5.97 Å². The van der Waals surface area contributed by atoms with Crippen molar-refractivity contribution in [3.05, 3.63) is 45.8 Å². The van der Waals surface area contributed by atoms with Crippen LogP contribution in [-0.2, 0) is 0 Å². The first-order valence-corrected chi connectivity index (χ1v) is 8.81. The molecule has 9 heteroatoms. The monoisotopic (exact) mass is 411 g/mol. The Hall–Kier alpha value is -2.45. The molecule has 1 aliphatic heterocycles. The van der Waals surface area contributed by atoms with E-state index < -0.39 is 28.6 Å². The minimum Gasteiger partial charge on any atom is -0.477 e. The topological polar surface area (TPSA) is 88.6 Å². The lowest BCUT2D eigenvalue weighted by atomic mass is 10.0. The zero-order valence-corrected chi connectivity index (χ0v) is 15.8. The van der Waals surface area contributed by atoms with E-state index in [0.29, 0.717) is 19.5 Å². The van der Waals surface area contributed by atoms with Crippen LogP contribution in [0.3, 0.4) is 0 Å². The summed E-state index contributed by atoms with van der Waals surface area (Å²) < 4.78 is 32.2. The van der Waals surface area contributed by atoms with Crippen LogP contribution in [0.15, 0.2) is 17.6 Å². The van der Waals surface area contributed by atoms with Crippen LogP contribution in [0, 0.1) is 11.6 Å². The van der Waals surface area contributed by atoms with E-state index in [0.717, 1.165) is 25.1 Å². The lowest BCUT2D eigenvalue weighted by molar-refractivity contribution is 0.0695. The van der Waals surface area contributed by atoms with Gasteiger partial charge in [0.15, 0.2) is 11.6 Å². The van der Waals surface area contributed by atoms with Crippen molar-refractivity contribution in [3.63, 3.8) is 0 Å². The smallest absolute Gasteiger partial charge is 0.341 e. The molecule has 1 aliphatic carbocycles. The van der Waals surface area contributed by atoms with Gasteiger partial charge in [0.2, 0.25) is 5.43 Å². The van der Waals surface area contributed by atoms with E-state index in [1.165, 1.54) is 9.47 Å². The fourth-order valence-corrected chi connectivity index (χ4v) is 3.81. The summed E-state index contributed by atoms with van der Waals surface area (Å²) in [5.74, 6) is -3.20. The summed E-state index contributed by atoms with van der Waals surface area (Å²) in [6, 6.07) is -0.302. The molecule has 2 aromatic rings. The van der Waals surface area contributed by atoms with Gasteiger partial charge in [-0.15, -0.1) is 12.4 Å². The first-order valence-electron chi connectivity index (χ1n) is 8.81. The normalized spacial score (nSPS) is 19.0. The molecule has 1 aromatic heterocycles. The fourth-order valence-electron chi connectivity index (χ4n) is 3.81. The Bertz CT molecular complexity index is 1050. The summed E-state index contributed by atoms with van der Waals surface area (Å²) in [5.41, 5.74) is 3.99. The van der Waals surface area contributed by atoms with Crippen LogP contribution < -0.4 is 16.1 Å². The predicted molar refractivity (Wildman–Crippen MR) is 105 cm³/mol. The largest absolute Gasteiger partial charge is 0.477 e. The molecule has 0 spiro atoms. The number of rotatable bonds is 4. The minimum atomic E-state index is -1.43. The van der Waals surface area contributed by atoms with Gasteiger partial charge in [-0.25, -0.2) is 13.6 Å². The summed E-state index contributed by atoms with van der Waals surface area (Å²) in [6.45, 7) is 4.26. The van der Waals surface area contributed by atoms with E-state index in [1.807, 2.05) is 0 Å². The van der Waals surface area contributed by atoms with Crippen LogP contribution in [0.4, 0.5) is 14.5 Å². The number of aromatic nitrogens is 1. The maximum Gasteiger partial charge on any atom is 0.341 e. The molecule has 4 rings (SSSR count). The number of halogens is 3. The number of fused-ring (bicyclic) bond motifs is 1. The van der Waals surface area contributed by atoms with Gasteiger partial charge in [0.05, 0.1) is 10.9 Å². The lowest BCUT2D eigenvalue weighted by Crippen LogP contribution is -2.29. The van der Waals surface area contributed by atoms with Crippen LogP contribution in [0.2, 0.25) is 0 Å². The summed E-state index contributed by atoms with van der Waals surface area (Å²) in [5, 5.41) is 9.08. The Morgan fingerprint density at radius 1 is 1.29 bits per heavy atom. The molecule has 1 unspecified atom stereocenters. The van der Waals surface area contributed by atoms with E-state index in [9.17, 15) is 14.7 Å². The molecule has 1 saturated carbocycles. The van der Waals surface area contributed by atoms with Gasteiger partial charge in [0, 0.05) is 36.9 Å². The van der Waals surface area contributed by atoms with Crippen molar-refractivity contribution >= 4 is 41.0 Å². The number of hydrogen-bond donors (Lipinski definition) is 2. The Morgan fingerprint density at radius 3 is 2.46 bits per heavy atom. The van der Waals surface area contributed by atoms with Crippen molar-refractivity contribution in [2.24, 2.45) is 5.73 Å². The van der Waals surface area contributed by atoms with E-state index >= 15 is 8.78 Å². The number of nitrogens with zero attached hydrogens (tertiary/aromatic N) is 2. The van der Waals surface area contributed by atoms with Crippen LogP contribution in [0.1, 0.15) is 41.2 Å². The van der Waals surface area contributed by atoms with E-state index in [4.69, 9.17) is 5.73 Å². The van der Waals surface area contributed by atoms with Crippen molar-refractivity contribution in [2.75, 3.05) is 18.0 Å². The van der Waals surface area contributed by atoms with Gasteiger partial charge in [0.1, 0.15) is 11.3 Å². The number of anilines is 1. The second kappa shape index (κ2) is 7.18.